The minimum absolute atomic E-state index is 0.00439. The summed E-state index contributed by atoms with van der Waals surface area (Å²) in [6.07, 6.45) is 4.74. The Labute approximate surface area is 114 Å². The van der Waals surface area contributed by atoms with Crippen LogP contribution in [0.15, 0.2) is 24.3 Å². The Morgan fingerprint density at radius 3 is 3.00 bits per heavy atom. The fraction of sp³-hybridized carbons (Fsp3) is 0.533. The summed E-state index contributed by atoms with van der Waals surface area (Å²) in [7, 11) is 0. The van der Waals surface area contributed by atoms with Gasteiger partial charge < -0.3 is 16.2 Å². The van der Waals surface area contributed by atoms with E-state index in [1.54, 1.807) is 18.2 Å². The van der Waals surface area contributed by atoms with E-state index in [1.807, 2.05) is 6.07 Å². The van der Waals surface area contributed by atoms with Crippen LogP contribution in [0.5, 0.6) is 5.75 Å². The monoisotopic (exact) mass is 262 g/mol. The second kappa shape index (κ2) is 6.57. The molecule has 0 heterocycles. The van der Waals surface area contributed by atoms with E-state index >= 15 is 0 Å². The molecule has 1 fully saturated rings. The highest BCUT2D eigenvalue weighted by Gasteiger charge is 2.19. The number of benzene rings is 1. The highest BCUT2D eigenvalue weighted by molar-refractivity contribution is 5.78. The summed E-state index contributed by atoms with van der Waals surface area (Å²) in [5, 5.41) is 12.3. The summed E-state index contributed by atoms with van der Waals surface area (Å²) in [5.41, 5.74) is 6.76. The van der Waals surface area contributed by atoms with Crippen LogP contribution < -0.4 is 11.1 Å². The van der Waals surface area contributed by atoms with E-state index in [0.29, 0.717) is 24.9 Å². The fourth-order valence-corrected chi connectivity index (χ4v) is 2.69. The number of phenolic OH excluding ortho intramolecular Hbond substituents is 1. The van der Waals surface area contributed by atoms with E-state index in [0.717, 1.165) is 31.2 Å². The number of nitrogens with one attached hydrogen (secondary N) is 1. The Morgan fingerprint density at radius 1 is 1.42 bits per heavy atom. The van der Waals surface area contributed by atoms with Gasteiger partial charge in [-0.1, -0.05) is 18.6 Å². The van der Waals surface area contributed by atoms with Crippen molar-refractivity contribution < 1.29 is 9.90 Å². The van der Waals surface area contributed by atoms with E-state index in [2.05, 4.69) is 5.32 Å². The van der Waals surface area contributed by atoms with E-state index in [9.17, 15) is 9.90 Å². The molecule has 2 rings (SSSR count). The number of rotatable bonds is 4. The second-order valence-electron chi connectivity index (χ2n) is 5.44. The zero-order valence-electron chi connectivity index (χ0n) is 11.1. The van der Waals surface area contributed by atoms with Crippen LogP contribution in [0.3, 0.4) is 0 Å². The average Bonchev–Trinajstić information content (AvgIpc) is 2.36. The molecule has 0 aromatic heterocycles. The van der Waals surface area contributed by atoms with Gasteiger partial charge in [0.2, 0.25) is 5.91 Å². The first-order valence-electron chi connectivity index (χ1n) is 6.93. The van der Waals surface area contributed by atoms with Crippen LogP contribution in [0.25, 0.3) is 0 Å². The average molecular weight is 262 g/mol. The van der Waals surface area contributed by atoms with Crippen LogP contribution in [-0.2, 0) is 11.2 Å². The summed E-state index contributed by atoms with van der Waals surface area (Å²) in [5.74, 6) is 0.713. The molecule has 0 bridgehead atoms. The number of hydrogen-bond donors (Lipinski definition) is 3. The number of carbonyl (C=O) groups excluding carboxylic acids is 1. The Bertz CT molecular complexity index is 434. The van der Waals surface area contributed by atoms with Crippen LogP contribution in [0, 0.1) is 5.92 Å². The zero-order valence-corrected chi connectivity index (χ0v) is 11.1. The van der Waals surface area contributed by atoms with E-state index in [1.165, 1.54) is 0 Å². The van der Waals surface area contributed by atoms with Crippen molar-refractivity contribution in [2.24, 2.45) is 11.7 Å². The van der Waals surface area contributed by atoms with Crippen LogP contribution in [0.1, 0.15) is 31.2 Å². The molecule has 0 spiro atoms. The largest absolute Gasteiger partial charge is 0.508 e. The zero-order chi connectivity index (χ0) is 13.7. The van der Waals surface area contributed by atoms with Crippen LogP contribution >= 0.6 is 0 Å². The predicted molar refractivity (Wildman–Crippen MR) is 74.8 cm³/mol. The van der Waals surface area contributed by atoms with Gasteiger partial charge in [-0.05, 0) is 42.9 Å². The molecule has 19 heavy (non-hydrogen) atoms. The van der Waals surface area contributed by atoms with E-state index in [4.69, 9.17) is 5.73 Å². The number of nitrogens with two attached hydrogens (primary N) is 1. The van der Waals surface area contributed by atoms with Gasteiger partial charge in [-0.3, -0.25) is 4.79 Å². The van der Waals surface area contributed by atoms with Crippen molar-refractivity contribution in [3.05, 3.63) is 29.8 Å². The molecule has 2 unspecified atom stereocenters. The van der Waals surface area contributed by atoms with Crippen LogP contribution in [0.2, 0.25) is 0 Å². The lowest BCUT2D eigenvalue weighted by Gasteiger charge is -2.26. The molecule has 1 saturated carbocycles. The van der Waals surface area contributed by atoms with Crippen molar-refractivity contribution in [3.63, 3.8) is 0 Å². The van der Waals surface area contributed by atoms with Crippen LogP contribution in [0.4, 0.5) is 0 Å². The quantitative estimate of drug-likeness (QED) is 0.771. The second-order valence-corrected chi connectivity index (χ2v) is 5.44. The van der Waals surface area contributed by atoms with E-state index in [-0.39, 0.29) is 11.7 Å². The van der Waals surface area contributed by atoms with Crippen molar-refractivity contribution in [1.29, 1.82) is 0 Å². The first kappa shape index (κ1) is 13.9. The molecular formula is C15H22N2O2. The molecule has 0 saturated heterocycles. The maximum absolute atomic E-state index is 11.8. The molecule has 1 aromatic carbocycles. The Morgan fingerprint density at radius 2 is 2.26 bits per heavy atom. The molecule has 2 atom stereocenters. The van der Waals surface area contributed by atoms with Gasteiger partial charge in [0, 0.05) is 12.6 Å². The molecule has 4 N–H and O–H groups in total. The standard InChI is InChI=1S/C15H22N2O2/c16-13-5-1-4-12(7-13)10-17-15(19)9-11-3-2-6-14(18)8-11/h2-3,6,8,12-13,18H,1,4-5,7,9-10,16H2,(H,17,19). The molecule has 4 nitrogen and oxygen atoms in total. The van der Waals surface area contributed by atoms with Crippen molar-refractivity contribution in [2.45, 2.75) is 38.1 Å². The third-order valence-corrected chi connectivity index (χ3v) is 3.69. The molecule has 1 amide bonds. The molecule has 1 aliphatic carbocycles. The van der Waals surface area contributed by atoms with Gasteiger partial charge in [0.05, 0.1) is 6.42 Å². The first-order valence-corrected chi connectivity index (χ1v) is 6.93. The molecule has 1 aromatic rings. The van der Waals surface area contributed by atoms with Gasteiger partial charge in [-0.2, -0.15) is 0 Å². The van der Waals surface area contributed by atoms with Crippen LogP contribution in [-0.4, -0.2) is 23.6 Å². The highest BCUT2D eigenvalue weighted by Crippen LogP contribution is 2.22. The molecule has 1 aliphatic rings. The number of carbonyl (C=O) groups is 1. The summed E-state index contributed by atoms with van der Waals surface area (Å²) in [6, 6.07) is 7.11. The minimum atomic E-state index is 0.00439. The smallest absolute Gasteiger partial charge is 0.224 e. The topological polar surface area (TPSA) is 75.3 Å². The Kier molecular flexibility index (Phi) is 4.80. The molecule has 0 radical (unpaired) electrons. The lowest BCUT2D eigenvalue weighted by molar-refractivity contribution is -0.120. The van der Waals surface area contributed by atoms with Gasteiger partial charge >= 0.3 is 0 Å². The number of aromatic hydroxyl groups is 1. The lowest BCUT2D eigenvalue weighted by Crippen LogP contribution is -2.36. The first-order chi connectivity index (χ1) is 9.13. The van der Waals surface area contributed by atoms with E-state index < -0.39 is 0 Å². The van der Waals surface area contributed by atoms with Gasteiger partial charge in [-0.25, -0.2) is 0 Å². The number of amides is 1. The highest BCUT2D eigenvalue weighted by atomic mass is 16.3. The fourth-order valence-electron chi connectivity index (χ4n) is 2.69. The summed E-state index contributed by atoms with van der Waals surface area (Å²) in [4.78, 5) is 11.8. The Balaban J connectivity index is 1.75. The summed E-state index contributed by atoms with van der Waals surface area (Å²) in [6.45, 7) is 0.714. The number of phenols is 1. The van der Waals surface area contributed by atoms with Gasteiger partial charge in [-0.15, -0.1) is 0 Å². The molecule has 0 aliphatic heterocycles. The maximum Gasteiger partial charge on any atom is 0.224 e. The maximum atomic E-state index is 11.8. The van der Waals surface area contributed by atoms with Crippen molar-refractivity contribution >= 4 is 5.91 Å². The third-order valence-electron chi connectivity index (χ3n) is 3.69. The summed E-state index contributed by atoms with van der Waals surface area (Å²) >= 11 is 0. The molecular weight excluding hydrogens is 240 g/mol. The van der Waals surface area contributed by atoms with Gasteiger partial charge in [0.25, 0.3) is 0 Å². The lowest BCUT2D eigenvalue weighted by atomic mass is 9.86. The Hall–Kier alpha value is -1.55. The summed E-state index contributed by atoms with van der Waals surface area (Å²) < 4.78 is 0. The molecule has 104 valence electrons. The SMILES string of the molecule is NC1CCCC(CNC(=O)Cc2cccc(O)c2)C1. The minimum Gasteiger partial charge on any atom is -0.508 e. The normalized spacial score (nSPS) is 23.0. The molecule has 4 heteroatoms. The number of hydrogen-bond acceptors (Lipinski definition) is 3. The van der Waals surface area contributed by atoms with Gasteiger partial charge in [0.15, 0.2) is 0 Å². The van der Waals surface area contributed by atoms with Crippen molar-refractivity contribution in [3.8, 4) is 5.75 Å². The predicted octanol–water partition coefficient (Wildman–Crippen LogP) is 1.57. The third kappa shape index (κ3) is 4.56. The van der Waals surface area contributed by atoms with Gasteiger partial charge in [0.1, 0.15) is 5.75 Å². The van der Waals surface area contributed by atoms with Crippen molar-refractivity contribution in [1.82, 2.24) is 5.32 Å². The van der Waals surface area contributed by atoms with Crippen molar-refractivity contribution in [2.75, 3.05) is 6.54 Å².